The van der Waals surface area contributed by atoms with Gasteiger partial charge in [-0.05, 0) is 44.2 Å². The molecule has 2 N–H and O–H groups in total. The maximum atomic E-state index is 13.5. The Morgan fingerprint density at radius 2 is 1.94 bits per heavy atom. The fraction of sp³-hybridized carbons (Fsp3) is 0.0909. The number of benzene rings is 2. The van der Waals surface area contributed by atoms with Gasteiger partial charge < -0.3 is 10.6 Å². The minimum Gasteiger partial charge on any atom is -0.366 e. The Balaban J connectivity index is 1.71. The van der Waals surface area contributed by atoms with E-state index in [1.165, 1.54) is 23.1 Å². The molecule has 7 nitrogen and oxygen atoms in total. The Morgan fingerprint density at radius 3 is 2.61 bits per heavy atom. The van der Waals surface area contributed by atoms with Gasteiger partial charge in [-0.1, -0.05) is 23.7 Å². The Kier molecular flexibility index (Phi) is 5.16. The van der Waals surface area contributed by atoms with Crippen molar-refractivity contribution >= 4 is 34.4 Å². The van der Waals surface area contributed by atoms with Crippen LogP contribution in [-0.4, -0.2) is 26.6 Å². The smallest absolute Gasteiger partial charge is 0.366 e. The van der Waals surface area contributed by atoms with Crippen LogP contribution >= 0.6 is 11.6 Å². The molecule has 0 aliphatic carbocycles. The molecule has 4 rings (SSSR count). The predicted molar refractivity (Wildman–Crippen MR) is 113 cm³/mol. The van der Waals surface area contributed by atoms with E-state index in [1.54, 1.807) is 44.2 Å². The van der Waals surface area contributed by atoms with E-state index in [4.69, 9.17) is 22.2 Å². The summed E-state index contributed by atoms with van der Waals surface area (Å²) in [4.78, 5) is 38.8. The molecular weight excluding hydrogens is 423 g/mol. The zero-order valence-corrected chi connectivity index (χ0v) is 17.3. The number of halogens is 2. The summed E-state index contributed by atoms with van der Waals surface area (Å²) in [6, 6.07) is 10.7. The van der Waals surface area contributed by atoms with Crippen LogP contribution < -0.4 is 10.6 Å². The molecule has 0 unspecified atom stereocenters. The molecule has 2 aromatic heterocycles. The van der Waals surface area contributed by atoms with Crippen molar-refractivity contribution in [3.05, 3.63) is 82.0 Å². The van der Waals surface area contributed by atoms with Crippen molar-refractivity contribution in [1.29, 1.82) is 0 Å². The normalized spacial score (nSPS) is 11.0. The summed E-state index contributed by atoms with van der Waals surface area (Å²) in [5, 5.41) is 0.885. The molecule has 31 heavy (non-hydrogen) atoms. The fourth-order valence-corrected chi connectivity index (χ4v) is 3.53. The number of nitrogens with zero attached hydrogens (tertiary/aromatic N) is 3. The van der Waals surface area contributed by atoms with Crippen molar-refractivity contribution in [3.8, 4) is 11.4 Å². The van der Waals surface area contributed by atoms with E-state index in [9.17, 15) is 14.0 Å². The Morgan fingerprint density at radius 1 is 1.16 bits per heavy atom. The lowest BCUT2D eigenvalue weighted by Crippen LogP contribution is -2.23. The Hall–Kier alpha value is -3.78. The Bertz CT molecular complexity index is 1370. The van der Waals surface area contributed by atoms with Crippen LogP contribution in [0.5, 0.6) is 0 Å². The number of aromatic nitrogens is 3. The third-order valence-corrected chi connectivity index (χ3v) is 5.05. The predicted octanol–water partition coefficient (Wildman–Crippen LogP) is 3.88. The van der Waals surface area contributed by atoms with Crippen molar-refractivity contribution in [1.82, 2.24) is 14.7 Å². The number of primary amides is 1. The second-order valence-corrected chi connectivity index (χ2v) is 7.30. The summed E-state index contributed by atoms with van der Waals surface area (Å²) in [7, 11) is 0. The molecule has 4 aromatic rings. The van der Waals surface area contributed by atoms with Crippen LogP contribution in [0.4, 0.5) is 4.39 Å². The average molecular weight is 439 g/mol. The zero-order chi connectivity index (χ0) is 22.3. The largest absolute Gasteiger partial charge is 0.367 e. The van der Waals surface area contributed by atoms with Crippen LogP contribution in [0.1, 0.15) is 32.1 Å². The highest BCUT2D eigenvalue weighted by Gasteiger charge is 2.23. The van der Waals surface area contributed by atoms with Gasteiger partial charge in [-0.3, -0.25) is 4.79 Å². The van der Waals surface area contributed by atoms with Gasteiger partial charge in [0, 0.05) is 22.2 Å². The number of rotatable bonds is 4. The highest BCUT2D eigenvalue weighted by molar-refractivity contribution is 6.31. The van der Waals surface area contributed by atoms with Gasteiger partial charge in [0.2, 0.25) is 0 Å². The third kappa shape index (κ3) is 3.73. The van der Waals surface area contributed by atoms with E-state index in [0.29, 0.717) is 32.9 Å². The molecule has 0 saturated heterocycles. The van der Waals surface area contributed by atoms with Crippen molar-refractivity contribution in [2.75, 3.05) is 0 Å². The number of hydrogen-bond acceptors (Lipinski definition) is 5. The molecule has 0 radical (unpaired) electrons. The van der Waals surface area contributed by atoms with Gasteiger partial charge in [-0.15, -0.1) is 0 Å². The van der Waals surface area contributed by atoms with Gasteiger partial charge in [-0.25, -0.2) is 19.2 Å². The van der Waals surface area contributed by atoms with Crippen molar-refractivity contribution in [3.63, 3.8) is 0 Å². The second-order valence-electron chi connectivity index (χ2n) is 6.86. The summed E-state index contributed by atoms with van der Waals surface area (Å²) in [5.74, 6) is -1.53. The molecule has 0 saturated carbocycles. The van der Waals surface area contributed by atoms with Gasteiger partial charge in [-0.2, -0.15) is 4.73 Å². The minimum absolute atomic E-state index is 0.121. The molecule has 1 amide bonds. The van der Waals surface area contributed by atoms with Gasteiger partial charge in [0.1, 0.15) is 11.4 Å². The first-order chi connectivity index (χ1) is 14.8. The fourth-order valence-electron chi connectivity index (χ4n) is 3.36. The van der Waals surface area contributed by atoms with Crippen LogP contribution in [0.3, 0.4) is 0 Å². The third-order valence-electron chi connectivity index (χ3n) is 4.82. The first-order valence-electron chi connectivity index (χ1n) is 9.19. The van der Waals surface area contributed by atoms with Crippen LogP contribution in [0.25, 0.3) is 22.3 Å². The highest BCUT2D eigenvalue weighted by Crippen LogP contribution is 2.28. The maximum Gasteiger partial charge on any atom is 0.367 e. The Labute approximate surface area is 181 Å². The van der Waals surface area contributed by atoms with Crippen LogP contribution in [0, 0.1) is 19.7 Å². The van der Waals surface area contributed by atoms with E-state index in [2.05, 4.69) is 9.97 Å². The van der Waals surface area contributed by atoms with Gasteiger partial charge >= 0.3 is 5.97 Å². The number of nitrogens with two attached hydrogens (primary N) is 1. The molecule has 0 spiro atoms. The quantitative estimate of drug-likeness (QED) is 0.521. The van der Waals surface area contributed by atoms with Crippen molar-refractivity contribution < 1.29 is 18.8 Å². The standard InChI is InChI=1S/C22H16ClFN4O3/c1-11-17(10-26-21(27-11)13-4-3-5-15(24)8-13)22(30)31-28-12(2)19(20(25)29)16-9-14(23)6-7-18(16)28/h3-10H,1-2H3,(H2,25,29). The topological polar surface area (TPSA) is 100 Å². The molecule has 0 bridgehead atoms. The van der Waals surface area contributed by atoms with Gasteiger partial charge in [0.25, 0.3) is 5.91 Å². The first-order valence-corrected chi connectivity index (χ1v) is 9.56. The first kappa shape index (κ1) is 20.5. The van der Waals surface area contributed by atoms with Crippen LogP contribution in [-0.2, 0) is 0 Å². The number of fused-ring (bicyclic) bond motifs is 1. The molecule has 9 heteroatoms. The minimum atomic E-state index is -0.728. The van der Waals surface area contributed by atoms with E-state index < -0.39 is 17.7 Å². The summed E-state index contributed by atoms with van der Waals surface area (Å²) < 4.78 is 14.7. The summed E-state index contributed by atoms with van der Waals surface area (Å²) >= 11 is 6.05. The van der Waals surface area contributed by atoms with E-state index in [0.717, 1.165) is 0 Å². The van der Waals surface area contributed by atoms with E-state index >= 15 is 0 Å². The summed E-state index contributed by atoms with van der Waals surface area (Å²) in [6.45, 7) is 3.23. The molecular formula is C22H16ClFN4O3. The number of aryl methyl sites for hydroxylation is 1. The van der Waals surface area contributed by atoms with E-state index in [-0.39, 0.29) is 17.0 Å². The van der Waals surface area contributed by atoms with Crippen molar-refractivity contribution in [2.24, 2.45) is 5.73 Å². The molecule has 0 aliphatic rings. The average Bonchev–Trinajstić information content (AvgIpc) is 2.98. The molecule has 2 aromatic carbocycles. The lowest BCUT2D eigenvalue weighted by molar-refractivity contribution is 0.0470. The molecule has 0 fully saturated rings. The number of hydrogen-bond donors (Lipinski definition) is 1. The van der Waals surface area contributed by atoms with E-state index in [1.807, 2.05) is 0 Å². The monoisotopic (exact) mass is 438 g/mol. The van der Waals surface area contributed by atoms with Crippen molar-refractivity contribution in [2.45, 2.75) is 13.8 Å². The molecule has 0 aliphatic heterocycles. The SMILES string of the molecule is Cc1nc(-c2cccc(F)c2)ncc1C(=O)On1c(C)c(C(N)=O)c2cc(Cl)ccc21. The molecule has 2 heterocycles. The summed E-state index contributed by atoms with van der Waals surface area (Å²) in [6.07, 6.45) is 1.32. The highest BCUT2D eigenvalue weighted by atomic mass is 35.5. The molecule has 156 valence electrons. The lowest BCUT2D eigenvalue weighted by atomic mass is 10.1. The maximum absolute atomic E-state index is 13.5. The zero-order valence-electron chi connectivity index (χ0n) is 16.5. The van der Waals surface area contributed by atoms with Crippen LogP contribution in [0.2, 0.25) is 5.02 Å². The summed E-state index contributed by atoms with van der Waals surface area (Å²) in [5.41, 5.74) is 7.49. The number of carbonyl (C=O) groups excluding carboxylic acids is 2. The second kappa shape index (κ2) is 7.81. The van der Waals surface area contributed by atoms with Gasteiger partial charge in [0.05, 0.1) is 22.5 Å². The number of amides is 1. The van der Waals surface area contributed by atoms with Crippen LogP contribution in [0.15, 0.2) is 48.7 Å². The van der Waals surface area contributed by atoms with Gasteiger partial charge in [0.15, 0.2) is 5.82 Å². The molecule has 0 atom stereocenters. The number of carbonyl (C=O) groups is 2. The lowest BCUT2D eigenvalue weighted by Gasteiger charge is -2.10.